The molecule has 0 amide bonds. The standard InChI is InChI=1S/C32H30F4N6O3S/c1-40-14-12-29(39-40)46(44,45)42(25-3-2-4-25)26-8-5-21-16-28-20(19-38-41(28)24-9-6-23(33)7-10-24)17-31(21,18-26)30(43)27-15-22(11-13-37-27)32(34,35)36/h6-7,9-16,19,25-26H,2-5,8,17-18H2,1H3/t26-,31-/m0/s1. The second-order valence-electron chi connectivity index (χ2n) is 12.3. The predicted molar refractivity (Wildman–Crippen MR) is 159 cm³/mol. The third-order valence-corrected chi connectivity index (χ3v) is 11.4. The number of carbonyl (C=O) groups excluding carboxylic acids is 1. The minimum Gasteiger partial charge on any atom is -0.291 e. The molecule has 1 aromatic carbocycles. The van der Waals surface area contributed by atoms with Crippen molar-refractivity contribution >= 4 is 21.9 Å². The Kier molecular flexibility index (Phi) is 7.27. The van der Waals surface area contributed by atoms with E-state index in [1.54, 1.807) is 36.3 Å². The van der Waals surface area contributed by atoms with Crippen molar-refractivity contribution in [1.82, 2.24) is 28.9 Å². The fourth-order valence-corrected chi connectivity index (χ4v) is 8.89. The van der Waals surface area contributed by atoms with E-state index < -0.39 is 44.8 Å². The average molecular weight is 655 g/mol. The molecule has 3 aromatic heterocycles. The molecule has 2 saturated carbocycles. The topological polar surface area (TPSA) is 103 Å². The summed E-state index contributed by atoms with van der Waals surface area (Å²) in [5.41, 5.74) is -0.0782. The van der Waals surface area contributed by atoms with E-state index in [4.69, 9.17) is 0 Å². The summed E-state index contributed by atoms with van der Waals surface area (Å²) in [5.74, 6) is -1.00. The number of nitrogens with zero attached hydrogens (tertiary/aromatic N) is 6. The summed E-state index contributed by atoms with van der Waals surface area (Å²) in [4.78, 5) is 18.7. The van der Waals surface area contributed by atoms with Gasteiger partial charge >= 0.3 is 6.18 Å². The number of halogens is 4. The van der Waals surface area contributed by atoms with E-state index in [-0.39, 0.29) is 29.6 Å². The Morgan fingerprint density at radius 1 is 1.07 bits per heavy atom. The highest BCUT2D eigenvalue weighted by Gasteiger charge is 2.53. The van der Waals surface area contributed by atoms with Gasteiger partial charge in [0, 0.05) is 31.5 Å². The molecule has 46 heavy (non-hydrogen) atoms. The average Bonchev–Trinajstić information content (AvgIpc) is 3.63. The molecule has 0 bridgehead atoms. The maximum atomic E-state index is 14.6. The van der Waals surface area contributed by atoms with Gasteiger partial charge in [-0.15, -0.1) is 0 Å². The molecular weight excluding hydrogens is 624 g/mol. The largest absolute Gasteiger partial charge is 0.416 e. The Bertz CT molecular complexity index is 1960. The molecule has 4 aromatic rings. The Hall–Kier alpha value is -4.17. The first kappa shape index (κ1) is 30.5. The van der Waals surface area contributed by atoms with Gasteiger partial charge in [-0.05, 0) is 92.6 Å². The van der Waals surface area contributed by atoms with Gasteiger partial charge in [0.15, 0.2) is 10.8 Å². The number of hydrogen-bond acceptors (Lipinski definition) is 6. The molecule has 14 heteroatoms. The lowest BCUT2D eigenvalue weighted by molar-refractivity contribution is -0.137. The molecule has 0 N–H and O–H groups in total. The van der Waals surface area contributed by atoms with E-state index >= 15 is 0 Å². The second kappa shape index (κ2) is 11.0. The number of hydrogen-bond donors (Lipinski definition) is 0. The zero-order chi connectivity index (χ0) is 32.4. The predicted octanol–water partition coefficient (Wildman–Crippen LogP) is 5.76. The van der Waals surface area contributed by atoms with Gasteiger partial charge in [0.05, 0.1) is 28.6 Å². The van der Waals surface area contributed by atoms with Crippen molar-refractivity contribution < 1.29 is 30.8 Å². The minimum absolute atomic E-state index is 0.0549. The molecule has 3 aliphatic carbocycles. The highest BCUT2D eigenvalue weighted by Crippen LogP contribution is 2.52. The molecule has 0 aliphatic heterocycles. The summed E-state index contributed by atoms with van der Waals surface area (Å²) >= 11 is 0. The summed E-state index contributed by atoms with van der Waals surface area (Å²) in [6.07, 6.45) is 4.33. The molecule has 0 spiro atoms. The number of allylic oxidation sites excluding steroid dienone is 1. The Morgan fingerprint density at radius 3 is 2.48 bits per heavy atom. The van der Waals surface area contributed by atoms with Gasteiger partial charge < -0.3 is 0 Å². The van der Waals surface area contributed by atoms with Crippen molar-refractivity contribution in [1.29, 1.82) is 0 Å². The first-order chi connectivity index (χ1) is 21.9. The molecule has 0 unspecified atom stereocenters. The van der Waals surface area contributed by atoms with Crippen LogP contribution in [0.2, 0.25) is 0 Å². The van der Waals surface area contributed by atoms with Crippen LogP contribution in [0.25, 0.3) is 11.8 Å². The highest BCUT2D eigenvalue weighted by molar-refractivity contribution is 7.89. The number of benzene rings is 1. The van der Waals surface area contributed by atoms with Crippen LogP contribution in [0.1, 0.15) is 65.8 Å². The molecule has 9 nitrogen and oxygen atoms in total. The number of carbonyl (C=O) groups is 1. The molecule has 2 atom stereocenters. The van der Waals surface area contributed by atoms with Gasteiger partial charge in [0.25, 0.3) is 10.0 Å². The van der Waals surface area contributed by atoms with E-state index in [0.29, 0.717) is 48.2 Å². The molecule has 0 radical (unpaired) electrons. The van der Waals surface area contributed by atoms with E-state index in [2.05, 4.69) is 15.2 Å². The first-order valence-corrected chi connectivity index (χ1v) is 16.5. The Labute approximate surface area is 262 Å². The van der Waals surface area contributed by atoms with Crippen LogP contribution in [0, 0.1) is 11.2 Å². The number of aryl methyl sites for hydroxylation is 1. The van der Waals surface area contributed by atoms with E-state index in [0.717, 1.165) is 24.8 Å². The van der Waals surface area contributed by atoms with Crippen LogP contribution in [-0.2, 0) is 29.7 Å². The maximum absolute atomic E-state index is 14.6. The molecule has 0 saturated heterocycles. The van der Waals surface area contributed by atoms with Crippen LogP contribution in [-0.4, -0.2) is 55.1 Å². The normalized spacial score (nSPS) is 21.8. The highest BCUT2D eigenvalue weighted by atomic mass is 32.2. The van der Waals surface area contributed by atoms with Crippen LogP contribution >= 0.6 is 0 Å². The summed E-state index contributed by atoms with van der Waals surface area (Å²) in [6, 6.07) is 7.93. The van der Waals surface area contributed by atoms with Crippen molar-refractivity contribution in [3.63, 3.8) is 0 Å². The Balaban J connectivity index is 1.34. The van der Waals surface area contributed by atoms with Crippen LogP contribution < -0.4 is 0 Å². The second-order valence-corrected chi connectivity index (χ2v) is 14.1. The zero-order valence-electron chi connectivity index (χ0n) is 24.8. The quantitative estimate of drug-likeness (QED) is 0.186. The first-order valence-electron chi connectivity index (χ1n) is 15.0. The van der Waals surface area contributed by atoms with Crippen LogP contribution in [0.4, 0.5) is 17.6 Å². The summed E-state index contributed by atoms with van der Waals surface area (Å²) in [7, 11) is -2.43. The smallest absolute Gasteiger partial charge is 0.291 e. The van der Waals surface area contributed by atoms with Gasteiger partial charge in [-0.2, -0.15) is 27.7 Å². The molecule has 240 valence electrons. The maximum Gasteiger partial charge on any atom is 0.416 e. The summed E-state index contributed by atoms with van der Waals surface area (Å²) < 4.78 is 87.6. The number of ketones is 1. The molecular formula is C32H30F4N6O3S. The number of pyridine rings is 1. The number of sulfonamides is 1. The molecule has 7 rings (SSSR count). The zero-order valence-corrected chi connectivity index (χ0v) is 25.6. The van der Waals surface area contributed by atoms with Crippen LogP contribution in [0.15, 0.2) is 71.7 Å². The van der Waals surface area contributed by atoms with Gasteiger partial charge in [0.2, 0.25) is 0 Å². The molecule has 3 aliphatic rings. The minimum atomic E-state index is -4.68. The van der Waals surface area contributed by atoms with E-state index in [1.165, 1.54) is 27.2 Å². The van der Waals surface area contributed by atoms with Crippen molar-refractivity contribution in [2.45, 2.75) is 68.2 Å². The number of rotatable bonds is 7. The van der Waals surface area contributed by atoms with E-state index in [1.807, 2.05) is 6.08 Å². The fourth-order valence-electron chi connectivity index (χ4n) is 7.04. The third-order valence-electron chi connectivity index (χ3n) is 9.49. The number of aromatic nitrogens is 5. The van der Waals surface area contributed by atoms with Crippen molar-refractivity contribution in [3.05, 3.63) is 95.0 Å². The SMILES string of the molecule is Cn1ccc(S(=O)(=O)N(C2CCC2)[C@H]2CCC3=Cc4c(cnn4-c4ccc(F)cc4)C[C@]3(C(=O)c3cc(C(F)(F)F)ccn3)C2)n1. The lowest BCUT2D eigenvalue weighted by Gasteiger charge is -2.49. The summed E-state index contributed by atoms with van der Waals surface area (Å²) in [5, 5.41) is 8.60. The number of Topliss-reactive ketones (excluding diaryl/α,β-unsaturated/α-hetero) is 1. The third kappa shape index (κ3) is 5.07. The number of alkyl halides is 3. The van der Waals surface area contributed by atoms with Crippen LogP contribution in [0.5, 0.6) is 0 Å². The van der Waals surface area contributed by atoms with Crippen molar-refractivity contribution in [2.75, 3.05) is 0 Å². The van der Waals surface area contributed by atoms with Gasteiger partial charge in [0.1, 0.15) is 11.5 Å². The van der Waals surface area contributed by atoms with E-state index in [9.17, 15) is 30.8 Å². The molecule has 3 heterocycles. The lowest BCUT2D eigenvalue weighted by Crippen LogP contribution is -2.55. The van der Waals surface area contributed by atoms with Crippen LogP contribution in [0.3, 0.4) is 0 Å². The van der Waals surface area contributed by atoms with Gasteiger partial charge in [-0.1, -0.05) is 12.0 Å². The van der Waals surface area contributed by atoms with Crippen molar-refractivity contribution in [3.8, 4) is 5.69 Å². The fraction of sp³-hybridized carbons (Fsp3) is 0.375. The monoisotopic (exact) mass is 654 g/mol. The van der Waals surface area contributed by atoms with Gasteiger partial charge in [-0.25, -0.2) is 17.5 Å². The lowest BCUT2D eigenvalue weighted by atomic mass is 9.60. The van der Waals surface area contributed by atoms with Crippen molar-refractivity contribution in [2.24, 2.45) is 12.5 Å². The Morgan fingerprint density at radius 2 is 1.83 bits per heavy atom. The summed E-state index contributed by atoms with van der Waals surface area (Å²) in [6.45, 7) is 0. The number of fused-ring (bicyclic) bond motifs is 2. The van der Waals surface area contributed by atoms with Gasteiger partial charge in [-0.3, -0.25) is 14.5 Å². The molecule has 2 fully saturated rings.